The van der Waals surface area contributed by atoms with Gasteiger partial charge in [0.15, 0.2) is 0 Å². The van der Waals surface area contributed by atoms with Gasteiger partial charge < -0.3 is 22.1 Å². The highest BCUT2D eigenvalue weighted by molar-refractivity contribution is 5.34. The second kappa shape index (κ2) is 9.26. The number of nitrogen functional groups attached to an aromatic ring is 1. The summed E-state index contributed by atoms with van der Waals surface area (Å²) in [7, 11) is 0. The maximum absolute atomic E-state index is 13.2. The molecule has 3 rings (SSSR count). The third kappa shape index (κ3) is 5.73. The van der Waals surface area contributed by atoms with Gasteiger partial charge in [-0.25, -0.2) is 9.37 Å². The molecule has 0 amide bonds. The molecule has 1 aliphatic heterocycles. The van der Waals surface area contributed by atoms with Crippen LogP contribution in [0.4, 0.5) is 10.2 Å². The van der Waals surface area contributed by atoms with E-state index in [1.807, 2.05) is 19.1 Å². The van der Waals surface area contributed by atoms with Crippen molar-refractivity contribution in [1.29, 1.82) is 0 Å². The van der Waals surface area contributed by atoms with E-state index in [0.29, 0.717) is 17.7 Å². The Bertz CT molecular complexity index is 731. The first-order valence-electron chi connectivity index (χ1n) is 9.66. The summed E-state index contributed by atoms with van der Waals surface area (Å²) in [6.45, 7) is 5.47. The van der Waals surface area contributed by atoms with Crippen molar-refractivity contribution >= 4 is 5.82 Å². The van der Waals surface area contributed by atoms with Crippen LogP contribution in [-0.4, -0.2) is 37.2 Å². The quantitative estimate of drug-likeness (QED) is 0.530. The minimum Gasteiger partial charge on any atom is -0.384 e. The van der Waals surface area contributed by atoms with Crippen molar-refractivity contribution in [1.82, 2.24) is 15.6 Å². The number of hydrogen-bond acceptors (Lipinski definition) is 5. The van der Waals surface area contributed by atoms with Gasteiger partial charge in [-0.05, 0) is 86.6 Å². The molecule has 0 aliphatic carbocycles. The number of nitrogens with zero attached hydrogens (tertiary/aromatic N) is 1. The molecule has 0 spiro atoms. The highest BCUT2D eigenvalue weighted by Gasteiger charge is 2.32. The molecule has 0 saturated carbocycles. The molecule has 146 valence electrons. The summed E-state index contributed by atoms with van der Waals surface area (Å²) in [4.78, 5) is 4.47. The Hall–Kier alpha value is -2.02. The molecule has 1 aromatic heterocycles. The fourth-order valence-corrected chi connectivity index (χ4v) is 3.96. The number of pyridine rings is 1. The second-order valence-corrected chi connectivity index (χ2v) is 7.59. The summed E-state index contributed by atoms with van der Waals surface area (Å²) in [5.74, 6) is 1.25. The van der Waals surface area contributed by atoms with E-state index in [-0.39, 0.29) is 11.9 Å². The molecule has 1 aromatic carbocycles. The van der Waals surface area contributed by atoms with Gasteiger partial charge >= 0.3 is 0 Å². The Morgan fingerprint density at radius 2 is 2.15 bits per heavy atom. The molecule has 1 saturated heterocycles. The average molecular weight is 372 g/mol. The van der Waals surface area contributed by atoms with Crippen LogP contribution in [0.15, 0.2) is 36.4 Å². The normalized spacial score (nSPS) is 20.7. The monoisotopic (exact) mass is 371 g/mol. The van der Waals surface area contributed by atoms with Crippen LogP contribution in [-0.2, 0) is 12.8 Å². The van der Waals surface area contributed by atoms with Crippen molar-refractivity contribution in [2.75, 3.05) is 31.9 Å². The van der Waals surface area contributed by atoms with Gasteiger partial charge in [-0.15, -0.1) is 0 Å². The Labute approximate surface area is 160 Å². The van der Waals surface area contributed by atoms with Crippen molar-refractivity contribution < 1.29 is 4.39 Å². The topological polar surface area (TPSA) is 89.0 Å². The lowest BCUT2D eigenvalue weighted by Crippen LogP contribution is -2.44. The van der Waals surface area contributed by atoms with Gasteiger partial charge in [0, 0.05) is 18.3 Å². The molecule has 27 heavy (non-hydrogen) atoms. The van der Waals surface area contributed by atoms with E-state index < -0.39 is 0 Å². The van der Waals surface area contributed by atoms with Gasteiger partial charge in [-0.1, -0.05) is 12.1 Å². The number of hydrogen-bond donors (Lipinski definition) is 4. The van der Waals surface area contributed by atoms with E-state index in [9.17, 15) is 4.39 Å². The van der Waals surface area contributed by atoms with Gasteiger partial charge in [0.1, 0.15) is 11.6 Å². The van der Waals surface area contributed by atoms with Crippen LogP contribution < -0.4 is 22.1 Å². The van der Waals surface area contributed by atoms with E-state index >= 15 is 0 Å². The molecule has 1 fully saturated rings. The Morgan fingerprint density at radius 1 is 1.30 bits per heavy atom. The second-order valence-electron chi connectivity index (χ2n) is 7.59. The van der Waals surface area contributed by atoms with E-state index in [1.54, 1.807) is 12.1 Å². The van der Waals surface area contributed by atoms with Crippen molar-refractivity contribution in [3.8, 4) is 0 Å². The molecule has 6 heteroatoms. The summed E-state index contributed by atoms with van der Waals surface area (Å²) in [6.07, 6.45) is 1.68. The smallest absolute Gasteiger partial charge is 0.123 e. The van der Waals surface area contributed by atoms with E-state index in [1.165, 1.54) is 6.07 Å². The molecule has 1 unspecified atom stereocenters. The average Bonchev–Trinajstić information content (AvgIpc) is 3.06. The minimum atomic E-state index is -0.186. The highest BCUT2D eigenvalue weighted by atomic mass is 19.1. The first-order chi connectivity index (χ1) is 13.0. The fraction of sp³-hybridized carbons (Fsp3) is 0.476. The van der Waals surface area contributed by atoms with Crippen LogP contribution in [0.3, 0.4) is 0 Å². The van der Waals surface area contributed by atoms with Crippen LogP contribution in [0.1, 0.15) is 16.8 Å². The summed E-state index contributed by atoms with van der Waals surface area (Å²) in [5.41, 5.74) is 15.5. The number of nitrogens with one attached hydrogen (secondary N) is 2. The zero-order valence-electron chi connectivity index (χ0n) is 15.9. The molecule has 6 N–H and O–H groups in total. The molecule has 5 nitrogen and oxygen atoms in total. The number of benzene rings is 1. The maximum Gasteiger partial charge on any atom is 0.123 e. The molecule has 0 radical (unpaired) electrons. The van der Waals surface area contributed by atoms with Gasteiger partial charge in [-0.3, -0.25) is 0 Å². The molecule has 0 bridgehead atoms. The van der Waals surface area contributed by atoms with E-state index in [4.69, 9.17) is 11.5 Å². The number of rotatable bonds is 8. The Kier molecular flexibility index (Phi) is 6.77. The van der Waals surface area contributed by atoms with Gasteiger partial charge in [0.2, 0.25) is 0 Å². The SMILES string of the molecule is Cc1cc(N)nc(C[C@@H]2CNC[C@@H]2C(N)CNCCc2cccc(F)c2)c1. The third-order valence-corrected chi connectivity index (χ3v) is 5.32. The zero-order valence-corrected chi connectivity index (χ0v) is 15.9. The van der Waals surface area contributed by atoms with Crippen LogP contribution >= 0.6 is 0 Å². The standard InChI is InChI=1S/C21H30FN5/c1-14-7-18(27-21(24)8-14)10-16-11-26-12-19(16)20(23)13-25-6-5-15-3-2-4-17(22)9-15/h2-4,7-9,16,19-20,25-26H,5-6,10-13,23H2,1H3,(H2,24,27)/t16-,19+,20?/m1/s1. The van der Waals surface area contributed by atoms with Crippen molar-refractivity contribution in [3.63, 3.8) is 0 Å². The van der Waals surface area contributed by atoms with Gasteiger partial charge in [0.25, 0.3) is 0 Å². The number of nitrogens with two attached hydrogens (primary N) is 2. The largest absolute Gasteiger partial charge is 0.384 e. The van der Waals surface area contributed by atoms with Crippen LogP contribution in [0.25, 0.3) is 0 Å². The fourth-order valence-electron chi connectivity index (χ4n) is 3.96. The molecule has 3 atom stereocenters. The van der Waals surface area contributed by atoms with Crippen molar-refractivity contribution in [2.45, 2.75) is 25.8 Å². The van der Waals surface area contributed by atoms with Gasteiger partial charge in [0.05, 0.1) is 0 Å². The Balaban J connectivity index is 1.47. The molecular weight excluding hydrogens is 341 g/mol. The summed E-state index contributed by atoms with van der Waals surface area (Å²) < 4.78 is 13.2. The lowest BCUT2D eigenvalue weighted by Gasteiger charge is -2.25. The number of anilines is 1. The predicted molar refractivity (Wildman–Crippen MR) is 108 cm³/mol. The molecular formula is C21H30FN5. The van der Waals surface area contributed by atoms with Gasteiger partial charge in [-0.2, -0.15) is 0 Å². The van der Waals surface area contributed by atoms with E-state index in [0.717, 1.165) is 55.8 Å². The Morgan fingerprint density at radius 3 is 2.93 bits per heavy atom. The number of aromatic nitrogens is 1. The number of aryl methyl sites for hydroxylation is 1. The summed E-state index contributed by atoms with van der Waals surface area (Å²) >= 11 is 0. The van der Waals surface area contributed by atoms with Crippen molar-refractivity contribution in [2.24, 2.45) is 17.6 Å². The van der Waals surface area contributed by atoms with Crippen LogP contribution in [0.5, 0.6) is 0 Å². The highest BCUT2D eigenvalue weighted by Crippen LogP contribution is 2.24. The number of halogens is 1. The van der Waals surface area contributed by atoms with Crippen LogP contribution in [0, 0.1) is 24.6 Å². The zero-order chi connectivity index (χ0) is 19.2. The third-order valence-electron chi connectivity index (χ3n) is 5.32. The summed E-state index contributed by atoms with van der Waals surface area (Å²) in [6, 6.07) is 10.8. The maximum atomic E-state index is 13.2. The predicted octanol–water partition coefficient (Wildman–Crippen LogP) is 1.65. The van der Waals surface area contributed by atoms with E-state index in [2.05, 4.69) is 21.7 Å². The summed E-state index contributed by atoms with van der Waals surface area (Å²) in [5, 5.41) is 6.89. The lowest BCUT2D eigenvalue weighted by molar-refractivity contribution is 0.336. The lowest BCUT2D eigenvalue weighted by atomic mass is 9.86. The first kappa shape index (κ1) is 19.7. The molecule has 1 aliphatic rings. The van der Waals surface area contributed by atoms with Crippen molar-refractivity contribution in [3.05, 3.63) is 59.0 Å². The molecule has 2 aromatic rings. The minimum absolute atomic E-state index is 0.0691. The first-order valence-corrected chi connectivity index (χ1v) is 9.66. The molecule has 2 heterocycles. The van der Waals surface area contributed by atoms with Crippen LogP contribution in [0.2, 0.25) is 0 Å².